The second kappa shape index (κ2) is 7.47. The molecule has 0 aliphatic rings. The molecule has 0 radical (unpaired) electrons. The van der Waals surface area contributed by atoms with E-state index in [9.17, 15) is 0 Å². The van der Waals surface area contributed by atoms with Crippen LogP contribution in [-0.2, 0) is 10.4 Å². The molecule has 0 heterocycles. The predicted molar refractivity (Wildman–Crippen MR) is 48.4 cm³/mol. The van der Waals surface area contributed by atoms with Crippen LogP contribution in [0.15, 0.2) is 24.3 Å². The average Bonchev–Trinajstić information content (AvgIpc) is 1.92. The Kier molecular flexibility index (Phi) is 8.86. The van der Waals surface area contributed by atoms with E-state index in [1.807, 2.05) is 0 Å². The number of benzene rings is 1. The fourth-order valence-corrected chi connectivity index (χ4v) is 0.567. The number of halogens is 1. The van der Waals surface area contributed by atoms with Gasteiger partial charge in [0.25, 0.3) is 0 Å². The first-order valence-corrected chi connectivity index (χ1v) is 4.71. The number of phenols is 1. The number of phenolic OH excluding ortho intramolecular Hbond substituents is 1. The third-order valence-corrected chi connectivity index (χ3v) is 1.08. The van der Waals surface area contributed by atoms with Crippen molar-refractivity contribution in [2.24, 2.45) is 0 Å². The Labute approximate surface area is 110 Å². The zero-order valence-corrected chi connectivity index (χ0v) is 10.8. The van der Waals surface area contributed by atoms with Crippen LogP contribution in [-0.4, -0.2) is 22.6 Å². The predicted octanol–water partition coefficient (Wildman–Crippen LogP) is -1.49. The second-order valence-electron chi connectivity index (χ2n) is 1.92. The van der Waals surface area contributed by atoms with Crippen LogP contribution in [0.1, 0.15) is 1.43 Å². The molecule has 0 bridgehead atoms. The van der Waals surface area contributed by atoms with Crippen molar-refractivity contribution in [3.63, 3.8) is 0 Å². The van der Waals surface area contributed by atoms with Crippen molar-refractivity contribution in [3.05, 3.63) is 29.3 Å². The molecule has 1 aromatic rings. The van der Waals surface area contributed by atoms with Crippen molar-refractivity contribution < 1.29 is 53.6 Å². The summed E-state index contributed by atoms with van der Waals surface area (Å²) < 4.78 is 31.6. The molecule has 8 heteroatoms. The van der Waals surface area contributed by atoms with E-state index in [4.69, 9.17) is 34.2 Å². The summed E-state index contributed by atoms with van der Waals surface area (Å²) in [5.41, 5.74) is 0. The van der Waals surface area contributed by atoms with Crippen molar-refractivity contribution in [2.75, 3.05) is 0 Å². The van der Waals surface area contributed by atoms with E-state index in [-0.39, 0.29) is 36.7 Å². The van der Waals surface area contributed by atoms with Crippen LogP contribution in [0.2, 0.25) is 5.02 Å². The quantitative estimate of drug-likeness (QED) is 0.385. The summed E-state index contributed by atoms with van der Waals surface area (Å²) in [6, 6.07) is 6.36. The molecule has 0 saturated carbocycles. The number of hydrogen-bond donors (Lipinski definition) is 3. The van der Waals surface area contributed by atoms with E-state index in [0.29, 0.717) is 5.02 Å². The Bertz CT molecular complexity index is 325. The number of aromatic hydroxyl groups is 1. The average molecular weight is 251 g/mol. The van der Waals surface area contributed by atoms with Gasteiger partial charge in [-0.2, -0.15) is 8.42 Å². The normalized spacial score (nSPS) is 9.36. The first-order valence-electron chi connectivity index (χ1n) is 2.93. The van der Waals surface area contributed by atoms with Gasteiger partial charge in [0.15, 0.2) is 0 Å². The minimum Gasteiger partial charge on any atom is -1.00 e. The molecular formula is C6H8ClNaO5S. The van der Waals surface area contributed by atoms with Gasteiger partial charge < -0.3 is 6.53 Å². The largest absolute Gasteiger partial charge is 1.00 e. The van der Waals surface area contributed by atoms with Gasteiger partial charge in [-0.3, -0.25) is 9.11 Å². The molecule has 0 amide bonds. The van der Waals surface area contributed by atoms with E-state index in [2.05, 4.69) is 0 Å². The van der Waals surface area contributed by atoms with Crippen LogP contribution in [0.25, 0.3) is 0 Å². The zero-order valence-electron chi connectivity index (χ0n) is 8.25. The second-order valence-corrected chi connectivity index (χ2v) is 3.26. The zero-order chi connectivity index (χ0) is 10.5. The summed E-state index contributed by atoms with van der Waals surface area (Å²) >= 11 is 5.50. The Morgan fingerprint density at radius 1 is 1.14 bits per heavy atom. The fourth-order valence-electron chi connectivity index (χ4n) is 0.441. The van der Waals surface area contributed by atoms with Crippen LogP contribution in [0, 0.1) is 0 Å². The summed E-state index contributed by atoms with van der Waals surface area (Å²) in [6.07, 6.45) is 0. The van der Waals surface area contributed by atoms with Crippen LogP contribution >= 0.6 is 11.6 Å². The van der Waals surface area contributed by atoms with Crippen LogP contribution < -0.4 is 29.6 Å². The maximum absolute atomic E-state index is 8.74. The molecule has 0 unspecified atom stereocenters. The molecule has 0 fully saturated rings. The minimum absolute atomic E-state index is 0. The van der Waals surface area contributed by atoms with E-state index in [0.717, 1.165) is 0 Å². The van der Waals surface area contributed by atoms with Gasteiger partial charge in [0.2, 0.25) is 0 Å². The molecule has 0 aliphatic carbocycles. The molecule has 14 heavy (non-hydrogen) atoms. The third-order valence-electron chi connectivity index (χ3n) is 0.827. The summed E-state index contributed by atoms with van der Waals surface area (Å²) in [5.74, 6) is 0.245. The SMILES string of the molecule is O=S(=O)(O)O.Oc1ccc(Cl)cc1.[H-].[Na+]. The molecule has 0 saturated heterocycles. The monoisotopic (exact) mass is 250 g/mol. The van der Waals surface area contributed by atoms with Crippen molar-refractivity contribution in [2.45, 2.75) is 0 Å². The van der Waals surface area contributed by atoms with E-state index < -0.39 is 10.4 Å². The van der Waals surface area contributed by atoms with Crippen LogP contribution in [0.4, 0.5) is 0 Å². The Morgan fingerprint density at radius 2 is 1.43 bits per heavy atom. The maximum atomic E-state index is 8.74. The summed E-state index contributed by atoms with van der Waals surface area (Å²) in [4.78, 5) is 0. The third kappa shape index (κ3) is 14.7. The van der Waals surface area contributed by atoms with E-state index in [1.165, 1.54) is 0 Å². The molecule has 0 spiro atoms. The molecule has 1 rings (SSSR count). The van der Waals surface area contributed by atoms with Crippen molar-refractivity contribution in [1.82, 2.24) is 0 Å². The Balaban J connectivity index is -0.000000185. The van der Waals surface area contributed by atoms with Crippen molar-refractivity contribution in [3.8, 4) is 5.75 Å². The van der Waals surface area contributed by atoms with Crippen molar-refractivity contribution >= 4 is 22.0 Å². The topological polar surface area (TPSA) is 94.8 Å². The summed E-state index contributed by atoms with van der Waals surface area (Å²) in [7, 11) is -4.67. The first kappa shape index (κ1) is 16.6. The Morgan fingerprint density at radius 3 is 1.64 bits per heavy atom. The smallest absolute Gasteiger partial charge is 1.00 e. The molecule has 0 aromatic heterocycles. The molecule has 76 valence electrons. The Hall–Kier alpha value is 0.180. The molecule has 3 N–H and O–H groups in total. The molecule has 0 atom stereocenters. The molecular weight excluding hydrogens is 243 g/mol. The standard InChI is InChI=1S/C6H5ClO.Na.H2O4S.H/c7-5-1-3-6(8)4-2-5;;1-5(2,3)4;/h1-4,8H;;(H2,1,2,3,4);/q;+1;;-1. The van der Waals surface area contributed by atoms with Gasteiger partial charge in [-0.1, -0.05) is 11.6 Å². The first-order chi connectivity index (χ1) is 5.79. The molecule has 1 aromatic carbocycles. The maximum Gasteiger partial charge on any atom is 1.00 e. The minimum atomic E-state index is -4.67. The van der Waals surface area contributed by atoms with Gasteiger partial charge >= 0.3 is 40.0 Å². The molecule has 0 aliphatic heterocycles. The fraction of sp³-hybridized carbons (Fsp3) is 0. The van der Waals surface area contributed by atoms with Crippen LogP contribution in [0.5, 0.6) is 5.75 Å². The van der Waals surface area contributed by atoms with Gasteiger partial charge in [0.1, 0.15) is 5.75 Å². The number of rotatable bonds is 0. The summed E-state index contributed by atoms with van der Waals surface area (Å²) in [6.45, 7) is 0. The van der Waals surface area contributed by atoms with E-state index in [1.54, 1.807) is 24.3 Å². The van der Waals surface area contributed by atoms with Crippen molar-refractivity contribution in [1.29, 1.82) is 0 Å². The van der Waals surface area contributed by atoms with Gasteiger partial charge in [0, 0.05) is 5.02 Å². The van der Waals surface area contributed by atoms with Gasteiger partial charge in [0.05, 0.1) is 0 Å². The summed E-state index contributed by atoms with van der Waals surface area (Å²) in [5, 5.41) is 9.34. The number of hydrogen-bond acceptors (Lipinski definition) is 3. The van der Waals surface area contributed by atoms with Crippen LogP contribution in [0.3, 0.4) is 0 Å². The van der Waals surface area contributed by atoms with Gasteiger partial charge in [-0.25, -0.2) is 0 Å². The molecule has 5 nitrogen and oxygen atoms in total. The van der Waals surface area contributed by atoms with Gasteiger partial charge in [-0.15, -0.1) is 0 Å². The van der Waals surface area contributed by atoms with E-state index >= 15 is 0 Å². The van der Waals surface area contributed by atoms with Gasteiger partial charge in [-0.05, 0) is 24.3 Å².